The van der Waals surface area contributed by atoms with E-state index in [0.29, 0.717) is 29.7 Å². The van der Waals surface area contributed by atoms with Crippen LogP contribution in [0.5, 0.6) is 0 Å². The van der Waals surface area contributed by atoms with Crippen molar-refractivity contribution in [1.29, 1.82) is 0 Å². The summed E-state index contributed by atoms with van der Waals surface area (Å²) >= 11 is 0. The number of nitrogens with one attached hydrogen (secondary N) is 1. The van der Waals surface area contributed by atoms with Gasteiger partial charge in [0.1, 0.15) is 5.56 Å². The van der Waals surface area contributed by atoms with Gasteiger partial charge in [0, 0.05) is 25.7 Å². The second kappa shape index (κ2) is 7.15. The first-order chi connectivity index (χ1) is 12.4. The van der Waals surface area contributed by atoms with E-state index in [1.807, 2.05) is 0 Å². The Hall–Kier alpha value is -2.28. The number of fused-ring (bicyclic) bond motifs is 3. The molecule has 0 atom stereocenters. The van der Waals surface area contributed by atoms with Crippen LogP contribution in [-0.4, -0.2) is 57.4 Å². The van der Waals surface area contributed by atoms with Gasteiger partial charge in [-0.2, -0.15) is 5.10 Å². The molecule has 140 valence electrons. The molecular weight excluding hydrogens is 330 g/mol. The lowest BCUT2D eigenvalue weighted by molar-refractivity contribution is 0.0907. The van der Waals surface area contributed by atoms with Gasteiger partial charge in [-0.25, -0.2) is 9.50 Å². The van der Waals surface area contributed by atoms with Gasteiger partial charge < -0.3 is 10.2 Å². The molecule has 0 saturated carbocycles. The third kappa shape index (κ3) is 3.49. The van der Waals surface area contributed by atoms with Crippen LogP contribution in [0.4, 0.5) is 0 Å². The molecule has 7 nitrogen and oxygen atoms in total. The van der Waals surface area contributed by atoms with Crippen molar-refractivity contribution < 1.29 is 9.59 Å². The molecule has 2 aromatic heterocycles. The zero-order chi connectivity index (χ0) is 18.9. The maximum atomic E-state index is 12.5. The van der Waals surface area contributed by atoms with Crippen molar-refractivity contribution in [2.75, 3.05) is 26.2 Å². The number of carbonyl (C=O) groups excluding carboxylic acids is 2. The van der Waals surface area contributed by atoms with Crippen molar-refractivity contribution in [3.8, 4) is 0 Å². The quantitative estimate of drug-likeness (QED) is 0.855. The van der Waals surface area contributed by atoms with E-state index in [9.17, 15) is 9.59 Å². The summed E-state index contributed by atoms with van der Waals surface area (Å²) in [5, 5.41) is 7.30. The van der Waals surface area contributed by atoms with Crippen LogP contribution >= 0.6 is 0 Å². The Labute approximate surface area is 153 Å². The molecule has 0 fully saturated rings. The Balaban J connectivity index is 1.84. The first-order valence-electron chi connectivity index (χ1n) is 9.25. The zero-order valence-corrected chi connectivity index (χ0v) is 16.0. The predicted octanol–water partition coefficient (Wildman–Crippen LogP) is 1.96. The number of aromatic nitrogens is 3. The van der Waals surface area contributed by atoms with Gasteiger partial charge in [0.05, 0.1) is 17.5 Å². The molecule has 26 heavy (non-hydrogen) atoms. The molecule has 2 aromatic rings. The molecule has 2 heterocycles. The largest absolute Gasteiger partial charge is 0.351 e. The van der Waals surface area contributed by atoms with Crippen LogP contribution in [-0.2, 0) is 6.42 Å². The average Bonchev–Trinajstić information content (AvgIpc) is 3.02. The van der Waals surface area contributed by atoms with Gasteiger partial charge in [0.25, 0.3) is 5.91 Å². The number of amides is 1. The van der Waals surface area contributed by atoms with Crippen molar-refractivity contribution in [1.82, 2.24) is 24.8 Å². The molecule has 1 amide bonds. The Morgan fingerprint density at radius 1 is 1.27 bits per heavy atom. The Bertz CT molecular complexity index is 836. The van der Waals surface area contributed by atoms with Gasteiger partial charge in [-0.3, -0.25) is 9.59 Å². The smallest absolute Gasteiger partial charge is 0.256 e. The van der Waals surface area contributed by atoms with Crippen LogP contribution in [0.1, 0.15) is 60.5 Å². The summed E-state index contributed by atoms with van der Waals surface area (Å²) in [6.45, 7) is 11.7. The average molecular weight is 357 g/mol. The van der Waals surface area contributed by atoms with Crippen LogP contribution in [0.3, 0.4) is 0 Å². The standard InChI is InChI=1S/C19H27N5O2/c1-5-23(6-2)8-7-20-18(26)14-12-22-24-15-9-19(3,4)10-16(25)13(15)11-21-17(14)24/h11-12H,5-10H2,1-4H3,(H,20,26). The van der Waals surface area contributed by atoms with E-state index in [1.54, 1.807) is 16.9 Å². The number of nitrogens with zero attached hydrogens (tertiary/aromatic N) is 4. The molecular formula is C19H27N5O2. The molecule has 1 aliphatic carbocycles. The fraction of sp³-hybridized carbons (Fsp3) is 0.579. The van der Waals surface area contributed by atoms with Crippen molar-refractivity contribution >= 4 is 17.3 Å². The number of rotatable bonds is 6. The van der Waals surface area contributed by atoms with Crippen LogP contribution in [0.2, 0.25) is 0 Å². The van der Waals surface area contributed by atoms with E-state index in [-0.39, 0.29) is 17.1 Å². The van der Waals surface area contributed by atoms with Crippen LogP contribution in [0.25, 0.3) is 5.65 Å². The minimum absolute atomic E-state index is 0.0892. The van der Waals surface area contributed by atoms with Gasteiger partial charge in [-0.05, 0) is 24.9 Å². The fourth-order valence-corrected chi connectivity index (χ4v) is 3.55. The van der Waals surface area contributed by atoms with E-state index in [0.717, 1.165) is 31.7 Å². The number of hydrogen-bond acceptors (Lipinski definition) is 5. The SMILES string of the molecule is CCN(CC)CCNC(=O)c1cnn2c3c(cnc12)C(=O)CC(C)(C)C3. The van der Waals surface area contributed by atoms with Crippen LogP contribution in [0, 0.1) is 5.41 Å². The Morgan fingerprint density at radius 3 is 2.69 bits per heavy atom. The summed E-state index contributed by atoms with van der Waals surface area (Å²) in [6, 6.07) is 0. The summed E-state index contributed by atoms with van der Waals surface area (Å²) in [6.07, 6.45) is 4.38. The number of Topliss-reactive ketones (excluding diaryl/α,β-unsaturated/α-hetero) is 1. The molecule has 0 spiro atoms. The molecule has 7 heteroatoms. The molecule has 0 bridgehead atoms. The van der Waals surface area contributed by atoms with Gasteiger partial charge in [-0.1, -0.05) is 27.7 Å². The maximum absolute atomic E-state index is 12.5. The second-order valence-corrected chi connectivity index (χ2v) is 7.64. The maximum Gasteiger partial charge on any atom is 0.256 e. The number of ketones is 1. The van der Waals surface area contributed by atoms with E-state index in [2.05, 4.69) is 48.0 Å². The van der Waals surface area contributed by atoms with Gasteiger partial charge >= 0.3 is 0 Å². The molecule has 1 N–H and O–H groups in total. The predicted molar refractivity (Wildman–Crippen MR) is 99.5 cm³/mol. The molecule has 0 aromatic carbocycles. The first-order valence-corrected chi connectivity index (χ1v) is 9.25. The topological polar surface area (TPSA) is 79.6 Å². The first kappa shape index (κ1) is 18.5. The van der Waals surface area contributed by atoms with Crippen molar-refractivity contribution in [2.45, 2.75) is 40.5 Å². The summed E-state index contributed by atoms with van der Waals surface area (Å²) in [5.41, 5.74) is 2.31. The summed E-state index contributed by atoms with van der Waals surface area (Å²) in [4.78, 5) is 31.5. The lowest BCUT2D eigenvalue weighted by atomic mass is 9.76. The highest BCUT2D eigenvalue weighted by Gasteiger charge is 2.33. The Kier molecular flexibility index (Phi) is 5.09. The fourth-order valence-electron chi connectivity index (χ4n) is 3.55. The van der Waals surface area contributed by atoms with Crippen LogP contribution in [0.15, 0.2) is 12.4 Å². The van der Waals surface area contributed by atoms with Gasteiger partial charge in [0.15, 0.2) is 11.4 Å². The highest BCUT2D eigenvalue weighted by molar-refractivity contribution is 6.01. The van der Waals surface area contributed by atoms with Crippen molar-refractivity contribution in [3.63, 3.8) is 0 Å². The lowest BCUT2D eigenvalue weighted by Gasteiger charge is -2.29. The van der Waals surface area contributed by atoms with E-state index >= 15 is 0 Å². The third-order valence-corrected chi connectivity index (χ3v) is 5.06. The monoisotopic (exact) mass is 357 g/mol. The number of hydrogen-bond donors (Lipinski definition) is 1. The van der Waals surface area contributed by atoms with E-state index in [1.165, 1.54) is 0 Å². The van der Waals surface area contributed by atoms with Crippen molar-refractivity contribution in [2.24, 2.45) is 5.41 Å². The van der Waals surface area contributed by atoms with Gasteiger partial charge in [-0.15, -0.1) is 0 Å². The van der Waals surface area contributed by atoms with E-state index in [4.69, 9.17) is 0 Å². The summed E-state index contributed by atoms with van der Waals surface area (Å²) in [7, 11) is 0. The number of carbonyl (C=O) groups is 2. The summed E-state index contributed by atoms with van der Waals surface area (Å²) < 4.78 is 1.66. The molecule has 0 radical (unpaired) electrons. The normalized spacial score (nSPS) is 16.1. The lowest BCUT2D eigenvalue weighted by Crippen LogP contribution is -2.34. The van der Waals surface area contributed by atoms with E-state index < -0.39 is 0 Å². The molecule has 1 aliphatic rings. The third-order valence-electron chi connectivity index (χ3n) is 5.06. The number of likely N-dealkylation sites (N-methyl/N-ethyl adjacent to an activating group) is 1. The molecule has 0 saturated heterocycles. The molecule has 3 rings (SSSR count). The minimum atomic E-state index is -0.180. The zero-order valence-electron chi connectivity index (χ0n) is 16.0. The van der Waals surface area contributed by atoms with Crippen molar-refractivity contribution in [3.05, 3.63) is 29.2 Å². The van der Waals surface area contributed by atoms with Crippen LogP contribution < -0.4 is 5.32 Å². The highest BCUT2D eigenvalue weighted by Crippen LogP contribution is 2.34. The van der Waals surface area contributed by atoms with Gasteiger partial charge in [0.2, 0.25) is 0 Å². The minimum Gasteiger partial charge on any atom is -0.351 e. The second-order valence-electron chi connectivity index (χ2n) is 7.64. The molecule has 0 aliphatic heterocycles. The molecule has 0 unspecified atom stereocenters. The highest BCUT2D eigenvalue weighted by atomic mass is 16.1. The Morgan fingerprint density at radius 2 is 2.00 bits per heavy atom. The summed E-state index contributed by atoms with van der Waals surface area (Å²) in [5.74, 6) is -0.0904.